The van der Waals surface area contributed by atoms with E-state index >= 15 is 0 Å². The van der Waals surface area contributed by atoms with Gasteiger partial charge in [0, 0.05) is 25.0 Å². The van der Waals surface area contributed by atoms with E-state index in [1.165, 1.54) is 12.1 Å². The zero-order valence-corrected chi connectivity index (χ0v) is 10.4. The summed E-state index contributed by atoms with van der Waals surface area (Å²) in [7, 11) is 0. The Bertz CT molecular complexity index is 724. The first-order valence-electron chi connectivity index (χ1n) is 5.92. The van der Waals surface area contributed by atoms with Crippen molar-refractivity contribution in [3.8, 4) is 0 Å². The Morgan fingerprint density at radius 3 is 3.05 bits per heavy atom. The lowest BCUT2D eigenvalue weighted by atomic mass is 10.2. The number of halogens is 1. The number of rotatable bonds is 3. The van der Waals surface area contributed by atoms with Crippen LogP contribution in [-0.2, 0) is 6.54 Å². The van der Waals surface area contributed by atoms with Crippen molar-refractivity contribution in [2.45, 2.75) is 13.5 Å². The molecule has 0 fully saturated rings. The van der Waals surface area contributed by atoms with E-state index in [1.54, 1.807) is 18.5 Å². The Kier molecular flexibility index (Phi) is 2.87. The lowest BCUT2D eigenvalue weighted by Crippen LogP contribution is -2.01. The molecule has 3 aromatic rings. The average molecular weight is 257 g/mol. The van der Waals surface area contributed by atoms with Crippen LogP contribution >= 0.6 is 0 Å². The third-order valence-corrected chi connectivity index (χ3v) is 2.92. The fraction of sp³-hybridized carbons (Fsp3) is 0.143. The molecule has 1 N–H and O–H groups in total. The molecule has 0 aliphatic heterocycles. The van der Waals surface area contributed by atoms with Gasteiger partial charge in [-0.25, -0.2) is 4.39 Å². The van der Waals surface area contributed by atoms with Crippen molar-refractivity contribution in [2.24, 2.45) is 0 Å². The monoisotopic (exact) mass is 257 g/mol. The average Bonchev–Trinajstić information content (AvgIpc) is 2.79. The van der Waals surface area contributed by atoms with Crippen LogP contribution in [0.3, 0.4) is 0 Å². The zero-order valence-electron chi connectivity index (χ0n) is 10.4. The van der Waals surface area contributed by atoms with Crippen molar-refractivity contribution >= 4 is 17.1 Å². The second-order valence-electron chi connectivity index (χ2n) is 4.29. The van der Waals surface area contributed by atoms with Crippen molar-refractivity contribution in [1.82, 2.24) is 9.97 Å². The molecule has 96 valence electrons. The highest BCUT2D eigenvalue weighted by molar-refractivity contribution is 5.74. The number of benzene rings is 1. The van der Waals surface area contributed by atoms with Gasteiger partial charge in [-0.3, -0.25) is 4.98 Å². The Morgan fingerprint density at radius 1 is 1.32 bits per heavy atom. The van der Waals surface area contributed by atoms with Crippen LogP contribution in [0.2, 0.25) is 0 Å². The SMILES string of the molecule is Cc1cnccc1CNc1nc2cc(F)ccc2o1. The number of anilines is 1. The third kappa shape index (κ3) is 2.40. The highest BCUT2D eigenvalue weighted by Crippen LogP contribution is 2.20. The second kappa shape index (κ2) is 4.68. The molecule has 19 heavy (non-hydrogen) atoms. The van der Waals surface area contributed by atoms with Crippen LogP contribution in [0.5, 0.6) is 0 Å². The van der Waals surface area contributed by atoms with Crippen molar-refractivity contribution in [1.29, 1.82) is 0 Å². The Balaban J connectivity index is 1.80. The first-order chi connectivity index (χ1) is 9.22. The van der Waals surface area contributed by atoms with Gasteiger partial charge in [0.25, 0.3) is 6.01 Å². The molecule has 4 nitrogen and oxygen atoms in total. The summed E-state index contributed by atoms with van der Waals surface area (Å²) >= 11 is 0. The first kappa shape index (κ1) is 11.6. The van der Waals surface area contributed by atoms with E-state index in [-0.39, 0.29) is 5.82 Å². The summed E-state index contributed by atoms with van der Waals surface area (Å²) in [4.78, 5) is 8.22. The minimum atomic E-state index is -0.322. The minimum Gasteiger partial charge on any atom is -0.424 e. The van der Waals surface area contributed by atoms with E-state index in [9.17, 15) is 4.39 Å². The molecule has 0 amide bonds. The summed E-state index contributed by atoms with van der Waals surface area (Å²) in [6.45, 7) is 2.58. The summed E-state index contributed by atoms with van der Waals surface area (Å²) < 4.78 is 18.5. The van der Waals surface area contributed by atoms with Gasteiger partial charge < -0.3 is 9.73 Å². The van der Waals surface area contributed by atoms with Gasteiger partial charge in [-0.2, -0.15) is 4.98 Å². The van der Waals surface area contributed by atoms with Gasteiger partial charge in [-0.15, -0.1) is 0 Å². The topological polar surface area (TPSA) is 51.0 Å². The third-order valence-electron chi connectivity index (χ3n) is 2.92. The van der Waals surface area contributed by atoms with Crippen LogP contribution in [0, 0.1) is 12.7 Å². The number of hydrogen-bond acceptors (Lipinski definition) is 4. The van der Waals surface area contributed by atoms with Crippen molar-refractivity contribution in [3.05, 3.63) is 53.6 Å². The number of oxazole rings is 1. The lowest BCUT2D eigenvalue weighted by molar-refractivity contribution is 0.610. The fourth-order valence-corrected chi connectivity index (χ4v) is 1.85. The Morgan fingerprint density at radius 2 is 2.21 bits per heavy atom. The van der Waals surface area contributed by atoms with E-state index < -0.39 is 0 Å². The predicted molar refractivity (Wildman–Crippen MR) is 70.3 cm³/mol. The molecule has 3 rings (SSSR count). The Labute approximate surface area is 109 Å². The molecule has 2 heterocycles. The van der Waals surface area contributed by atoms with E-state index in [0.29, 0.717) is 23.7 Å². The zero-order chi connectivity index (χ0) is 13.2. The molecule has 0 radical (unpaired) electrons. The van der Waals surface area contributed by atoms with E-state index in [2.05, 4.69) is 15.3 Å². The molecule has 0 spiro atoms. The smallest absolute Gasteiger partial charge is 0.295 e. The lowest BCUT2D eigenvalue weighted by Gasteiger charge is -2.04. The number of nitrogens with one attached hydrogen (secondary N) is 1. The molecule has 0 saturated heterocycles. The maximum absolute atomic E-state index is 13.0. The molecule has 0 unspecified atom stereocenters. The molecular weight excluding hydrogens is 245 g/mol. The number of nitrogens with zero attached hydrogens (tertiary/aromatic N) is 2. The second-order valence-corrected chi connectivity index (χ2v) is 4.29. The molecule has 0 aliphatic carbocycles. The van der Waals surface area contributed by atoms with Gasteiger partial charge in [-0.05, 0) is 36.2 Å². The molecular formula is C14H12FN3O. The van der Waals surface area contributed by atoms with E-state index in [1.807, 2.05) is 13.0 Å². The maximum atomic E-state index is 13.0. The van der Waals surface area contributed by atoms with Gasteiger partial charge >= 0.3 is 0 Å². The molecule has 0 atom stereocenters. The van der Waals surface area contributed by atoms with Gasteiger partial charge in [0.05, 0.1) is 0 Å². The van der Waals surface area contributed by atoms with Crippen LogP contribution in [0.1, 0.15) is 11.1 Å². The number of fused-ring (bicyclic) bond motifs is 1. The first-order valence-corrected chi connectivity index (χ1v) is 5.92. The Hall–Kier alpha value is -2.43. The van der Waals surface area contributed by atoms with Crippen LogP contribution in [0.15, 0.2) is 41.1 Å². The number of hydrogen-bond donors (Lipinski definition) is 1. The highest BCUT2D eigenvalue weighted by atomic mass is 19.1. The number of aromatic nitrogens is 2. The van der Waals surface area contributed by atoms with Crippen molar-refractivity contribution < 1.29 is 8.81 Å². The largest absolute Gasteiger partial charge is 0.424 e. The summed E-state index contributed by atoms with van der Waals surface area (Å²) in [5.41, 5.74) is 3.28. The summed E-state index contributed by atoms with van der Waals surface area (Å²) in [6, 6.07) is 6.59. The highest BCUT2D eigenvalue weighted by Gasteiger charge is 2.06. The molecule has 5 heteroatoms. The van der Waals surface area contributed by atoms with Gasteiger partial charge in [0.1, 0.15) is 11.3 Å². The number of pyridine rings is 1. The van der Waals surface area contributed by atoms with Crippen LogP contribution < -0.4 is 5.32 Å². The predicted octanol–water partition coefficient (Wildman–Crippen LogP) is 3.28. The molecule has 2 aromatic heterocycles. The minimum absolute atomic E-state index is 0.322. The standard InChI is InChI=1S/C14H12FN3O/c1-9-7-16-5-4-10(9)8-17-14-18-12-6-11(15)2-3-13(12)19-14/h2-7H,8H2,1H3,(H,17,18). The van der Waals surface area contributed by atoms with Crippen molar-refractivity contribution in [3.63, 3.8) is 0 Å². The van der Waals surface area contributed by atoms with Gasteiger partial charge in [-0.1, -0.05) is 0 Å². The van der Waals surface area contributed by atoms with Crippen molar-refractivity contribution in [2.75, 3.05) is 5.32 Å². The van der Waals surface area contributed by atoms with Gasteiger partial charge in [0.2, 0.25) is 0 Å². The molecule has 0 aliphatic rings. The number of aryl methyl sites for hydroxylation is 1. The molecule has 1 aromatic carbocycles. The van der Waals surface area contributed by atoms with Crippen LogP contribution in [0.25, 0.3) is 11.1 Å². The van der Waals surface area contributed by atoms with Crippen LogP contribution in [-0.4, -0.2) is 9.97 Å². The van der Waals surface area contributed by atoms with E-state index in [0.717, 1.165) is 11.1 Å². The fourth-order valence-electron chi connectivity index (χ4n) is 1.85. The van der Waals surface area contributed by atoms with Gasteiger partial charge in [0.15, 0.2) is 5.58 Å². The quantitative estimate of drug-likeness (QED) is 0.782. The summed E-state index contributed by atoms with van der Waals surface area (Å²) in [5, 5.41) is 3.08. The van der Waals surface area contributed by atoms with E-state index in [4.69, 9.17) is 4.42 Å². The normalized spacial score (nSPS) is 10.8. The summed E-state index contributed by atoms with van der Waals surface area (Å²) in [5.74, 6) is -0.322. The van der Waals surface area contributed by atoms with Crippen LogP contribution in [0.4, 0.5) is 10.4 Å². The summed E-state index contributed by atoms with van der Waals surface area (Å²) in [6.07, 6.45) is 3.55. The molecule has 0 bridgehead atoms. The molecule has 0 saturated carbocycles. The maximum Gasteiger partial charge on any atom is 0.295 e.